The van der Waals surface area contributed by atoms with Gasteiger partial charge in [0.15, 0.2) is 0 Å². The Kier molecular flexibility index (Phi) is 3.78. The first-order valence-corrected chi connectivity index (χ1v) is 7.64. The Labute approximate surface area is 126 Å². The Bertz CT molecular complexity index is 696. The molecule has 0 heterocycles. The summed E-state index contributed by atoms with van der Waals surface area (Å²) in [6, 6.07) is 14.0. The fourth-order valence-electron chi connectivity index (χ4n) is 3.20. The van der Waals surface area contributed by atoms with Gasteiger partial charge in [-0.2, -0.15) is 0 Å². The van der Waals surface area contributed by atoms with E-state index in [0.717, 1.165) is 22.8 Å². The number of carbonyl (C=O) groups is 1. The first-order valence-electron chi connectivity index (χ1n) is 7.64. The molecule has 0 bridgehead atoms. The smallest absolute Gasteiger partial charge is 0.258 e. The normalized spacial score (nSPS) is 18.4. The van der Waals surface area contributed by atoms with Crippen LogP contribution in [-0.2, 0) is 0 Å². The fraction of sp³-hybridized carbons (Fsp3) is 0.316. The van der Waals surface area contributed by atoms with Crippen molar-refractivity contribution in [3.05, 3.63) is 59.8 Å². The molecule has 1 unspecified atom stereocenters. The second kappa shape index (κ2) is 5.72. The summed E-state index contributed by atoms with van der Waals surface area (Å²) in [4.78, 5) is 14.7. The minimum Gasteiger partial charge on any atom is -0.315 e. The lowest BCUT2D eigenvalue weighted by Crippen LogP contribution is -2.30. The van der Waals surface area contributed by atoms with E-state index in [-0.39, 0.29) is 5.91 Å². The van der Waals surface area contributed by atoms with Crippen molar-refractivity contribution >= 4 is 16.7 Å². The Morgan fingerprint density at radius 3 is 2.71 bits per heavy atom. The largest absolute Gasteiger partial charge is 0.315 e. The molecule has 3 rings (SSSR count). The molecule has 108 valence electrons. The van der Waals surface area contributed by atoms with Crippen molar-refractivity contribution in [1.29, 1.82) is 0 Å². The van der Waals surface area contributed by atoms with Gasteiger partial charge < -0.3 is 4.90 Å². The molecule has 1 aliphatic rings. The number of fused-ring (bicyclic) bond motifs is 1. The van der Waals surface area contributed by atoms with Gasteiger partial charge in [0, 0.05) is 18.3 Å². The molecule has 2 aromatic carbocycles. The highest BCUT2D eigenvalue weighted by molar-refractivity contribution is 6.07. The highest BCUT2D eigenvalue weighted by atomic mass is 16.2. The molecule has 1 aliphatic carbocycles. The van der Waals surface area contributed by atoms with Crippen LogP contribution in [0.3, 0.4) is 0 Å². The molecule has 1 atom stereocenters. The van der Waals surface area contributed by atoms with Gasteiger partial charge >= 0.3 is 0 Å². The highest BCUT2D eigenvalue weighted by Crippen LogP contribution is 2.28. The van der Waals surface area contributed by atoms with Crippen molar-refractivity contribution in [2.75, 3.05) is 7.05 Å². The second-order valence-electron chi connectivity index (χ2n) is 5.85. The molecule has 0 aromatic heterocycles. The van der Waals surface area contributed by atoms with Gasteiger partial charge in [0.25, 0.3) is 5.91 Å². The van der Waals surface area contributed by atoms with Gasteiger partial charge in [-0.05, 0) is 42.0 Å². The molecule has 2 heteroatoms. The second-order valence-corrected chi connectivity index (χ2v) is 5.85. The first-order chi connectivity index (χ1) is 10.2. The average Bonchev–Trinajstić information content (AvgIpc) is 2.53. The quantitative estimate of drug-likeness (QED) is 0.785. The number of allylic oxidation sites excluding steroid dienone is 2. The summed E-state index contributed by atoms with van der Waals surface area (Å²) >= 11 is 0. The van der Waals surface area contributed by atoms with Crippen LogP contribution in [0.1, 0.15) is 36.5 Å². The van der Waals surface area contributed by atoms with E-state index >= 15 is 0 Å². The van der Waals surface area contributed by atoms with Gasteiger partial charge in [0.2, 0.25) is 0 Å². The van der Waals surface area contributed by atoms with E-state index in [9.17, 15) is 4.79 Å². The van der Waals surface area contributed by atoms with Crippen LogP contribution >= 0.6 is 0 Å². The maximum absolute atomic E-state index is 12.9. The van der Waals surface area contributed by atoms with E-state index in [1.807, 2.05) is 42.3 Å². The van der Waals surface area contributed by atoms with Crippen molar-refractivity contribution in [3.63, 3.8) is 0 Å². The molecule has 0 fully saturated rings. The lowest BCUT2D eigenvalue weighted by atomic mass is 9.92. The van der Waals surface area contributed by atoms with E-state index in [4.69, 9.17) is 0 Å². The minimum absolute atomic E-state index is 0.0896. The summed E-state index contributed by atoms with van der Waals surface area (Å²) in [6.07, 6.45) is 5.68. The third-order valence-electron chi connectivity index (χ3n) is 4.41. The van der Waals surface area contributed by atoms with Crippen LogP contribution < -0.4 is 0 Å². The van der Waals surface area contributed by atoms with Gasteiger partial charge in [-0.15, -0.1) is 0 Å². The van der Waals surface area contributed by atoms with E-state index in [1.165, 1.54) is 18.5 Å². The molecule has 0 N–H and O–H groups in total. The highest BCUT2D eigenvalue weighted by Gasteiger charge is 2.22. The summed E-state index contributed by atoms with van der Waals surface area (Å²) in [5, 5.41) is 2.14. The molecule has 2 aromatic rings. The van der Waals surface area contributed by atoms with Gasteiger partial charge in [-0.25, -0.2) is 0 Å². The summed E-state index contributed by atoms with van der Waals surface area (Å²) in [6.45, 7) is 2.21. The van der Waals surface area contributed by atoms with Crippen molar-refractivity contribution in [1.82, 2.24) is 4.90 Å². The van der Waals surface area contributed by atoms with Crippen molar-refractivity contribution < 1.29 is 4.79 Å². The predicted molar refractivity (Wildman–Crippen MR) is 87.1 cm³/mol. The molecule has 2 nitrogen and oxygen atoms in total. The number of nitrogens with zero attached hydrogens (tertiary/aromatic N) is 1. The van der Waals surface area contributed by atoms with E-state index < -0.39 is 0 Å². The van der Waals surface area contributed by atoms with E-state index in [2.05, 4.69) is 25.1 Å². The number of hydrogen-bond acceptors (Lipinski definition) is 1. The Hall–Kier alpha value is -2.09. The van der Waals surface area contributed by atoms with Crippen molar-refractivity contribution in [3.8, 4) is 0 Å². The summed E-state index contributed by atoms with van der Waals surface area (Å²) in [5.41, 5.74) is 1.95. The lowest BCUT2D eigenvalue weighted by Gasteiger charge is -2.29. The van der Waals surface area contributed by atoms with Crippen LogP contribution in [0.15, 0.2) is 54.2 Å². The van der Waals surface area contributed by atoms with Gasteiger partial charge in [-0.3, -0.25) is 4.79 Å². The summed E-state index contributed by atoms with van der Waals surface area (Å²) in [5.74, 6) is 0.550. The number of benzene rings is 2. The van der Waals surface area contributed by atoms with E-state index in [1.54, 1.807) is 0 Å². The third-order valence-corrected chi connectivity index (χ3v) is 4.41. The number of amides is 1. The molecule has 0 spiro atoms. The Morgan fingerprint density at radius 2 is 1.90 bits per heavy atom. The monoisotopic (exact) mass is 279 g/mol. The Morgan fingerprint density at radius 1 is 1.14 bits per heavy atom. The minimum atomic E-state index is 0.0896. The number of hydrogen-bond donors (Lipinski definition) is 0. The molecule has 0 aliphatic heterocycles. The van der Waals surface area contributed by atoms with Crippen LogP contribution in [0.2, 0.25) is 0 Å². The maximum Gasteiger partial charge on any atom is 0.258 e. The summed E-state index contributed by atoms with van der Waals surface area (Å²) < 4.78 is 0. The fourth-order valence-corrected chi connectivity index (χ4v) is 3.20. The Balaban J connectivity index is 1.99. The first kappa shape index (κ1) is 13.9. The zero-order valence-corrected chi connectivity index (χ0v) is 12.7. The van der Waals surface area contributed by atoms with Gasteiger partial charge in [0.1, 0.15) is 0 Å². The molecule has 0 radical (unpaired) electrons. The lowest BCUT2D eigenvalue weighted by molar-refractivity contribution is 0.0822. The molecule has 21 heavy (non-hydrogen) atoms. The molecular weight excluding hydrogens is 258 g/mol. The van der Waals surface area contributed by atoms with Crippen LogP contribution in [-0.4, -0.2) is 17.9 Å². The van der Waals surface area contributed by atoms with Crippen molar-refractivity contribution in [2.45, 2.75) is 26.2 Å². The van der Waals surface area contributed by atoms with Gasteiger partial charge in [-0.1, -0.05) is 49.4 Å². The predicted octanol–water partition coefficient (Wildman–Crippen LogP) is 4.62. The van der Waals surface area contributed by atoms with Crippen LogP contribution in [0, 0.1) is 5.92 Å². The maximum atomic E-state index is 12.9. The number of rotatable bonds is 2. The molecule has 0 saturated heterocycles. The topological polar surface area (TPSA) is 20.3 Å². The van der Waals surface area contributed by atoms with Crippen LogP contribution in [0.4, 0.5) is 0 Å². The SMILES string of the molecule is CC1CCCC=C1N(C)C(=O)c1cccc2ccccc12. The standard InChI is InChI=1S/C19H21NO/c1-14-8-3-6-13-18(14)20(2)19(21)17-12-7-10-15-9-4-5-11-16(15)17/h4-5,7,9-14H,3,6,8H2,1-2H3. The molecular formula is C19H21NO. The van der Waals surface area contributed by atoms with Gasteiger partial charge in [0.05, 0.1) is 0 Å². The average molecular weight is 279 g/mol. The van der Waals surface area contributed by atoms with E-state index in [0.29, 0.717) is 5.92 Å². The summed E-state index contributed by atoms with van der Waals surface area (Å²) in [7, 11) is 1.90. The molecule has 0 saturated carbocycles. The zero-order valence-electron chi connectivity index (χ0n) is 12.7. The zero-order chi connectivity index (χ0) is 14.8. The van der Waals surface area contributed by atoms with Crippen molar-refractivity contribution in [2.24, 2.45) is 5.92 Å². The molecule has 1 amide bonds. The van der Waals surface area contributed by atoms with Crippen LogP contribution in [0.25, 0.3) is 10.8 Å². The number of carbonyl (C=O) groups excluding carboxylic acids is 1. The third kappa shape index (κ3) is 2.58. The van der Waals surface area contributed by atoms with Crippen LogP contribution in [0.5, 0.6) is 0 Å².